The van der Waals surface area contributed by atoms with Crippen LogP contribution in [0.1, 0.15) is 56.7 Å². The fraction of sp³-hybridized carbons (Fsp3) is 0.733. The van der Waals surface area contributed by atoms with Crippen molar-refractivity contribution in [1.29, 1.82) is 0 Å². The topological polar surface area (TPSA) is 87.4 Å². The van der Waals surface area contributed by atoms with E-state index in [0.29, 0.717) is 12.3 Å². The highest BCUT2D eigenvalue weighted by Crippen LogP contribution is 2.23. The van der Waals surface area contributed by atoms with Gasteiger partial charge in [0.25, 0.3) is 0 Å². The minimum atomic E-state index is -0.519. The van der Waals surface area contributed by atoms with Crippen LogP contribution in [0, 0.1) is 19.8 Å². The Balaban J connectivity index is 2.52. The van der Waals surface area contributed by atoms with Gasteiger partial charge in [0.05, 0.1) is 17.8 Å². The van der Waals surface area contributed by atoms with Crippen molar-refractivity contribution < 1.29 is 14.4 Å². The Morgan fingerprint density at radius 3 is 2.52 bits per heavy atom. The Labute approximate surface area is 126 Å². The van der Waals surface area contributed by atoms with Gasteiger partial charge < -0.3 is 20.3 Å². The Hall–Kier alpha value is -1.56. The molecule has 1 aromatic heterocycles. The zero-order valence-corrected chi connectivity index (χ0v) is 13.6. The summed E-state index contributed by atoms with van der Waals surface area (Å²) in [6, 6.07) is -0.428. The predicted octanol–water partition coefficient (Wildman–Crippen LogP) is 2.45. The highest BCUT2D eigenvalue weighted by Gasteiger charge is 2.21. The molecule has 6 heteroatoms. The molecule has 2 unspecified atom stereocenters. The first kappa shape index (κ1) is 17.5. The SMILES string of the molecule is CCC(NC(=O)NCC(O)CC(C)C)c1c(C)noc1C. The van der Waals surface area contributed by atoms with Gasteiger partial charge in [0.1, 0.15) is 5.76 Å². The first-order valence-corrected chi connectivity index (χ1v) is 7.50. The Morgan fingerprint density at radius 2 is 2.05 bits per heavy atom. The first-order chi connectivity index (χ1) is 9.85. The fourth-order valence-corrected chi connectivity index (χ4v) is 2.41. The second-order valence-corrected chi connectivity index (χ2v) is 5.84. The summed E-state index contributed by atoms with van der Waals surface area (Å²) in [7, 11) is 0. The van der Waals surface area contributed by atoms with Gasteiger partial charge in [-0.25, -0.2) is 4.79 Å². The van der Waals surface area contributed by atoms with Gasteiger partial charge in [0.15, 0.2) is 0 Å². The zero-order valence-electron chi connectivity index (χ0n) is 13.6. The number of aliphatic hydroxyl groups is 1. The van der Waals surface area contributed by atoms with Crippen LogP contribution in [0.25, 0.3) is 0 Å². The number of carbonyl (C=O) groups is 1. The quantitative estimate of drug-likeness (QED) is 0.721. The minimum absolute atomic E-state index is 0.140. The molecular weight excluding hydrogens is 270 g/mol. The van der Waals surface area contributed by atoms with Crippen LogP contribution in [0.2, 0.25) is 0 Å². The highest BCUT2D eigenvalue weighted by atomic mass is 16.5. The number of amides is 2. The number of aryl methyl sites for hydroxylation is 2. The molecule has 0 bridgehead atoms. The molecule has 1 heterocycles. The minimum Gasteiger partial charge on any atom is -0.391 e. The number of nitrogens with one attached hydrogen (secondary N) is 2. The third-order valence-corrected chi connectivity index (χ3v) is 3.39. The number of rotatable bonds is 7. The van der Waals surface area contributed by atoms with Crippen LogP contribution in [0.5, 0.6) is 0 Å². The molecule has 0 aliphatic heterocycles. The molecule has 21 heavy (non-hydrogen) atoms. The number of aromatic nitrogens is 1. The molecule has 1 aromatic rings. The van der Waals surface area contributed by atoms with Crippen molar-refractivity contribution in [1.82, 2.24) is 15.8 Å². The molecule has 6 nitrogen and oxygen atoms in total. The summed E-state index contributed by atoms with van der Waals surface area (Å²) in [6.07, 6.45) is 0.890. The largest absolute Gasteiger partial charge is 0.391 e. The predicted molar refractivity (Wildman–Crippen MR) is 81.0 cm³/mol. The van der Waals surface area contributed by atoms with Crippen molar-refractivity contribution >= 4 is 6.03 Å². The van der Waals surface area contributed by atoms with Crippen molar-refractivity contribution in [2.24, 2.45) is 5.92 Å². The van der Waals surface area contributed by atoms with E-state index < -0.39 is 6.10 Å². The average molecular weight is 297 g/mol. The van der Waals surface area contributed by atoms with Gasteiger partial charge in [-0.2, -0.15) is 0 Å². The normalized spacial score (nSPS) is 14.0. The maximum Gasteiger partial charge on any atom is 0.315 e. The maximum absolute atomic E-state index is 11.9. The summed E-state index contributed by atoms with van der Waals surface area (Å²) in [6.45, 7) is 10.0. The second-order valence-electron chi connectivity index (χ2n) is 5.84. The van der Waals surface area contributed by atoms with Crippen LogP contribution in [0.15, 0.2) is 4.52 Å². The van der Waals surface area contributed by atoms with Gasteiger partial charge >= 0.3 is 6.03 Å². The van der Waals surface area contributed by atoms with E-state index in [1.807, 2.05) is 34.6 Å². The average Bonchev–Trinajstić information content (AvgIpc) is 2.73. The van der Waals surface area contributed by atoms with Crippen LogP contribution in [-0.2, 0) is 0 Å². The van der Waals surface area contributed by atoms with E-state index in [9.17, 15) is 9.90 Å². The van der Waals surface area contributed by atoms with Crippen LogP contribution in [0.4, 0.5) is 4.79 Å². The standard InChI is InChI=1S/C15H27N3O3/c1-6-13(14-10(4)18-21-11(14)5)17-15(20)16-8-12(19)7-9(2)3/h9,12-13,19H,6-8H2,1-5H3,(H2,16,17,20). The number of nitrogens with zero attached hydrogens (tertiary/aromatic N) is 1. The van der Waals surface area contributed by atoms with Crippen LogP contribution >= 0.6 is 0 Å². The molecule has 2 atom stereocenters. The summed E-state index contributed by atoms with van der Waals surface area (Å²) in [5.74, 6) is 1.12. The maximum atomic E-state index is 11.9. The van der Waals surface area contributed by atoms with E-state index in [-0.39, 0.29) is 18.6 Å². The Bertz CT molecular complexity index is 438. The second kappa shape index (κ2) is 8.02. The summed E-state index contributed by atoms with van der Waals surface area (Å²) < 4.78 is 5.14. The van der Waals surface area contributed by atoms with Crippen molar-refractivity contribution in [2.45, 2.75) is 59.6 Å². The van der Waals surface area contributed by atoms with Gasteiger partial charge in [-0.3, -0.25) is 0 Å². The van der Waals surface area contributed by atoms with E-state index in [4.69, 9.17) is 4.52 Å². The van der Waals surface area contributed by atoms with Gasteiger partial charge in [0, 0.05) is 12.1 Å². The van der Waals surface area contributed by atoms with Gasteiger partial charge in [-0.15, -0.1) is 0 Å². The summed E-state index contributed by atoms with van der Waals surface area (Å²) in [4.78, 5) is 11.9. The molecular formula is C15H27N3O3. The molecule has 3 N–H and O–H groups in total. The number of hydrogen-bond donors (Lipinski definition) is 3. The Kier molecular flexibility index (Phi) is 6.68. The molecule has 0 fully saturated rings. The monoisotopic (exact) mass is 297 g/mol. The summed E-state index contributed by atoms with van der Waals surface area (Å²) in [5, 5.41) is 19.3. The molecule has 120 valence electrons. The van der Waals surface area contributed by atoms with E-state index in [1.54, 1.807) is 0 Å². The van der Waals surface area contributed by atoms with Crippen molar-refractivity contribution in [2.75, 3.05) is 6.54 Å². The van der Waals surface area contributed by atoms with Crippen molar-refractivity contribution in [3.63, 3.8) is 0 Å². The molecule has 0 radical (unpaired) electrons. The Morgan fingerprint density at radius 1 is 1.38 bits per heavy atom. The lowest BCUT2D eigenvalue weighted by Crippen LogP contribution is -2.41. The van der Waals surface area contributed by atoms with Gasteiger partial charge in [-0.1, -0.05) is 25.9 Å². The molecule has 0 saturated carbocycles. The van der Waals surface area contributed by atoms with Crippen molar-refractivity contribution in [3.05, 3.63) is 17.0 Å². The lowest BCUT2D eigenvalue weighted by atomic mass is 10.0. The van der Waals surface area contributed by atoms with E-state index in [2.05, 4.69) is 15.8 Å². The molecule has 0 spiro atoms. The van der Waals surface area contributed by atoms with Crippen molar-refractivity contribution in [3.8, 4) is 0 Å². The summed E-state index contributed by atoms with van der Waals surface area (Å²) >= 11 is 0. The fourth-order valence-electron chi connectivity index (χ4n) is 2.41. The molecule has 0 aromatic carbocycles. The lowest BCUT2D eigenvalue weighted by Gasteiger charge is -2.19. The molecule has 1 rings (SSSR count). The van der Waals surface area contributed by atoms with Gasteiger partial charge in [0.2, 0.25) is 0 Å². The smallest absolute Gasteiger partial charge is 0.315 e. The van der Waals surface area contributed by atoms with E-state index >= 15 is 0 Å². The highest BCUT2D eigenvalue weighted by molar-refractivity contribution is 5.74. The first-order valence-electron chi connectivity index (χ1n) is 7.50. The third-order valence-electron chi connectivity index (χ3n) is 3.39. The third kappa shape index (κ3) is 5.38. The van der Waals surface area contributed by atoms with Crippen LogP contribution in [0.3, 0.4) is 0 Å². The van der Waals surface area contributed by atoms with Crippen LogP contribution in [-0.4, -0.2) is 28.9 Å². The zero-order chi connectivity index (χ0) is 16.0. The lowest BCUT2D eigenvalue weighted by molar-refractivity contribution is 0.146. The van der Waals surface area contributed by atoms with E-state index in [0.717, 1.165) is 23.4 Å². The molecule has 0 aliphatic carbocycles. The molecule has 2 amide bonds. The molecule has 0 aliphatic rings. The van der Waals surface area contributed by atoms with Gasteiger partial charge in [-0.05, 0) is 32.6 Å². The van der Waals surface area contributed by atoms with Crippen LogP contribution < -0.4 is 10.6 Å². The molecule has 0 saturated heterocycles. The number of aliphatic hydroxyl groups excluding tert-OH is 1. The number of urea groups is 1. The van der Waals surface area contributed by atoms with E-state index in [1.165, 1.54) is 0 Å². The number of hydrogen-bond acceptors (Lipinski definition) is 4. The number of carbonyl (C=O) groups excluding carboxylic acids is 1. The summed E-state index contributed by atoms with van der Waals surface area (Å²) in [5.41, 5.74) is 1.72.